The van der Waals surface area contributed by atoms with Gasteiger partial charge in [-0.2, -0.15) is 8.42 Å². The molecule has 7 heteroatoms. The Hall–Kier alpha value is -2.51. The summed E-state index contributed by atoms with van der Waals surface area (Å²) in [5.41, 5.74) is 4.26. The lowest BCUT2D eigenvalue weighted by Crippen LogP contribution is -2.24. The first-order valence-electron chi connectivity index (χ1n) is 6.04. The molecule has 0 aliphatic carbocycles. The average molecular weight is 304 g/mol. The van der Waals surface area contributed by atoms with E-state index in [-0.39, 0.29) is 0 Å². The van der Waals surface area contributed by atoms with Gasteiger partial charge in [0.05, 0.1) is 6.04 Å². The fourth-order valence-corrected chi connectivity index (χ4v) is 1.97. The first-order chi connectivity index (χ1) is 10.2. The molecule has 0 aliphatic rings. The zero-order chi connectivity index (χ0) is 15.1. The molecule has 0 bridgehead atoms. The molecule has 21 heavy (non-hydrogen) atoms. The number of nitrogens with one attached hydrogen (secondary N) is 1. The van der Waals surface area contributed by atoms with Gasteiger partial charge in [-0.3, -0.25) is 0 Å². The van der Waals surface area contributed by atoms with Gasteiger partial charge in [0, 0.05) is 0 Å². The van der Waals surface area contributed by atoms with Crippen molar-refractivity contribution < 1.29 is 18.0 Å². The normalized spacial score (nSPS) is 10.1. The second-order valence-corrected chi connectivity index (χ2v) is 4.67. The second-order valence-electron chi connectivity index (χ2n) is 4.05. The number of rotatable bonds is 4. The summed E-state index contributed by atoms with van der Waals surface area (Å²) < 4.78 is 23.3. The summed E-state index contributed by atoms with van der Waals surface area (Å²) in [5.74, 6) is 0. The lowest BCUT2D eigenvalue weighted by atomic mass is 10.00. The third kappa shape index (κ3) is 4.51. The minimum absolute atomic E-state index is 0.424. The molecule has 0 atom stereocenters. The third-order valence-corrected chi connectivity index (χ3v) is 2.98. The van der Waals surface area contributed by atoms with Crippen molar-refractivity contribution in [1.82, 2.24) is 5.48 Å². The van der Waals surface area contributed by atoms with E-state index in [2.05, 4.69) is 14.7 Å². The van der Waals surface area contributed by atoms with Crippen LogP contribution in [0.25, 0.3) is 0 Å². The minimum Gasteiger partial charge on any atom is -0.351 e. The quantitative estimate of drug-likeness (QED) is 0.877. The molecule has 0 fully saturated rings. The van der Waals surface area contributed by atoms with Crippen LogP contribution in [0.5, 0.6) is 0 Å². The van der Waals surface area contributed by atoms with E-state index in [1.54, 1.807) is 0 Å². The highest BCUT2D eigenvalue weighted by atomic mass is 32.2. The maximum absolute atomic E-state index is 11.2. The van der Waals surface area contributed by atoms with Crippen LogP contribution in [0.15, 0.2) is 65.0 Å². The monoisotopic (exact) mass is 304 g/mol. The Labute approximate surface area is 123 Å². The molecule has 0 unspecified atom stereocenters. The SMILES string of the molecule is O=C(N=S(=O)=O)ONC(c1ccccc1)c1ccccc1. The minimum atomic E-state index is -2.84. The lowest BCUT2D eigenvalue weighted by Gasteiger charge is -2.18. The fraction of sp³-hybridized carbons (Fsp3) is 0.0714. The number of hydrogen-bond acceptors (Lipinski definition) is 5. The Morgan fingerprint density at radius 2 is 1.43 bits per heavy atom. The van der Waals surface area contributed by atoms with E-state index in [9.17, 15) is 13.2 Å². The molecule has 0 aliphatic heterocycles. The Morgan fingerprint density at radius 3 is 1.86 bits per heavy atom. The first-order valence-corrected chi connectivity index (χ1v) is 7.07. The summed E-state index contributed by atoms with van der Waals surface area (Å²) in [6, 6.07) is 18.2. The molecule has 0 aromatic heterocycles. The van der Waals surface area contributed by atoms with E-state index < -0.39 is 22.6 Å². The van der Waals surface area contributed by atoms with E-state index in [1.165, 1.54) is 0 Å². The highest BCUT2D eigenvalue weighted by molar-refractivity contribution is 7.62. The number of carbonyl (C=O) groups is 1. The van der Waals surface area contributed by atoms with Crippen LogP contribution in [0.2, 0.25) is 0 Å². The average Bonchev–Trinajstić information content (AvgIpc) is 2.49. The van der Waals surface area contributed by atoms with Crippen molar-refractivity contribution in [2.24, 2.45) is 4.36 Å². The van der Waals surface area contributed by atoms with Crippen LogP contribution in [0.1, 0.15) is 17.2 Å². The van der Waals surface area contributed by atoms with E-state index in [0.29, 0.717) is 0 Å². The molecule has 1 N–H and O–H groups in total. The summed E-state index contributed by atoms with van der Waals surface area (Å²) in [6.07, 6.45) is -1.22. The zero-order valence-electron chi connectivity index (χ0n) is 10.8. The number of hydroxylamine groups is 1. The van der Waals surface area contributed by atoms with Gasteiger partial charge in [-0.05, 0) is 11.1 Å². The first kappa shape index (κ1) is 14.9. The maximum Gasteiger partial charge on any atom is 0.467 e. The Balaban J connectivity index is 2.22. The van der Waals surface area contributed by atoms with E-state index in [4.69, 9.17) is 0 Å². The van der Waals surface area contributed by atoms with Crippen molar-refractivity contribution in [1.29, 1.82) is 0 Å². The van der Waals surface area contributed by atoms with Crippen LogP contribution >= 0.6 is 0 Å². The molecule has 108 valence electrons. The molecular formula is C14H12N2O4S. The van der Waals surface area contributed by atoms with E-state index in [1.807, 2.05) is 60.7 Å². The molecule has 2 rings (SSSR count). The third-order valence-electron chi connectivity index (χ3n) is 2.68. The Kier molecular flexibility index (Phi) is 5.19. The maximum atomic E-state index is 11.2. The van der Waals surface area contributed by atoms with E-state index in [0.717, 1.165) is 11.1 Å². The van der Waals surface area contributed by atoms with Crippen LogP contribution in [-0.2, 0) is 15.3 Å². The van der Waals surface area contributed by atoms with Gasteiger partial charge < -0.3 is 4.84 Å². The zero-order valence-corrected chi connectivity index (χ0v) is 11.7. The lowest BCUT2D eigenvalue weighted by molar-refractivity contribution is 0.0852. The van der Waals surface area contributed by atoms with Gasteiger partial charge in [0.2, 0.25) is 0 Å². The molecule has 0 radical (unpaired) electrons. The largest absolute Gasteiger partial charge is 0.467 e. The molecule has 2 aromatic carbocycles. The van der Waals surface area contributed by atoms with Gasteiger partial charge in [0.25, 0.3) is 0 Å². The molecule has 1 amide bonds. The van der Waals surface area contributed by atoms with Gasteiger partial charge >= 0.3 is 16.6 Å². The molecule has 6 nitrogen and oxygen atoms in total. The van der Waals surface area contributed by atoms with Crippen molar-refractivity contribution in [3.63, 3.8) is 0 Å². The van der Waals surface area contributed by atoms with Crippen molar-refractivity contribution in [3.8, 4) is 0 Å². The fourth-order valence-electron chi connectivity index (χ4n) is 1.81. The van der Waals surface area contributed by atoms with Crippen LogP contribution in [0.3, 0.4) is 0 Å². The van der Waals surface area contributed by atoms with Crippen molar-refractivity contribution in [2.75, 3.05) is 0 Å². The number of carbonyl (C=O) groups excluding carboxylic acids is 1. The summed E-state index contributed by atoms with van der Waals surface area (Å²) in [4.78, 5) is 15.9. The van der Waals surface area contributed by atoms with Gasteiger partial charge in [0.1, 0.15) is 0 Å². The van der Waals surface area contributed by atoms with Crippen LogP contribution in [0, 0.1) is 0 Å². The number of benzene rings is 2. The molecular weight excluding hydrogens is 292 g/mol. The molecule has 2 aromatic rings. The highest BCUT2D eigenvalue weighted by Crippen LogP contribution is 2.21. The predicted octanol–water partition coefficient (Wildman–Crippen LogP) is 2.48. The van der Waals surface area contributed by atoms with Gasteiger partial charge in [-0.1, -0.05) is 65.0 Å². The molecule has 0 saturated carbocycles. The second kappa shape index (κ2) is 7.32. The molecule has 0 heterocycles. The number of hydrogen-bond donors (Lipinski definition) is 1. The van der Waals surface area contributed by atoms with Crippen molar-refractivity contribution in [2.45, 2.75) is 6.04 Å². The van der Waals surface area contributed by atoms with Gasteiger partial charge in [-0.15, -0.1) is 5.48 Å². The number of nitrogens with zero attached hydrogens (tertiary/aromatic N) is 1. The van der Waals surface area contributed by atoms with E-state index >= 15 is 0 Å². The predicted molar refractivity (Wildman–Crippen MR) is 75.7 cm³/mol. The van der Waals surface area contributed by atoms with Crippen LogP contribution < -0.4 is 5.48 Å². The summed E-state index contributed by atoms with van der Waals surface area (Å²) >= 11 is 0. The number of amides is 1. The summed E-state index contributed by atoms with van der Waals surface area (Å²) in [7, 11) is -2.84. The van der Waals surface area contributed by atoms with Crippen molar-refractivity contribution in [3.05, 3.63) is 71.8 Å². The summed E-state index contributed by atoms with van der Waals surface area (Å²) in [6.45, 7) is 0. The van der Waals surface area contributed by atoms with Crippen LogP contribution in [0.4, 0.5) is 4.79 Å². The highest BCUT2D eigenvalue weighted by Gasteiger charge is 2.15. The summed E-state index contributed by atoms with van der Waals surface area (Å²) in [5, 5.41) is 0. The van der Waals surface area contributed by atoms with Crippen LogP contribution in [-0.4, -0.2) is 14.5 Å². The topological polar surface area (TPSA) is 84.8 Å². The molecule has 0 saturated heterocycles. The smallest absolute Gasteiger partial charge is 0.351 e. The molecule has 0 spiro atoms. The standard InChI is InChI=1S/C14H12N2O4S/c17-14(16-21(18)19)20-15-13(11-7-3-1-4-8-11)12-9-5-2-6-10-12/h1-10,13,15H. The van der Waals surface area contributed by atoms with Crippen molar-refractivity contribution >= 4 is 16.6 Å². The Morgan fingerprint density at radius 1 is 0.952 bits per heavy atom. The van der Waals surface area contributed by atoms with Gasteiger partial charge in [0.15, 0.2) is 0 Å². The Bertz CT molecular complexity index is 683. The van der Waals surface area contributed by atoms with Gasteiger partial charge in [-0.25, -0.2) is 4.79 Å².